The van der Waals surface area contributed by atoms with Crippen molar-refractivity contribution in [3.8, 4) is 0 Å². The number of carbonyl (C=O) groups excluding carboxylic acids is 4. The van der Waals surface area contributed by atoms with E-state index in [4.69, 9.17) is 9.26 Å². The molecule has 3 aromatic rings. The number of aryl methyl sites for hydroxylation is 1. The van der Waals surface area contributed by atoms with Crippen molar-refractivity contribution in [2.45, 2.75) is 70.7 Å². The third kappa shape index (κ3) is 8.86. The second-order valence-corrected chi connectivity index (χ2v) is 13.7. The third-order valence-corrected chi connectivity index (χ3v) is 10.2. The number of ether oxygens (including phenoxy) is 1. The van der Waals surface area contributed by atoms with Crippen molar-refractivity contribution < 1.29 is 28.4 Å². The third-order valence-electron chi connectivity index (χ3n) is 10.2. The number of benzene rings is 2. The van der Waals surface area contributed by atoms with Crippen LogP contribution in [0.1, 0.15) is 71.5 Å². The summed E-state index contributed by atoms with van der Waals surface area (Å²) in [4.78, 5) is 57.6. The molecule has 12 heteroatoms. The number of nitrogens with zero attached hydrogens (tertiary/aromatic N) is 3. The molecule has 6 rings (SSSR count). The number of nitrogens with one attached hydrogen (secondary N) is 3. The molecule has 4 amide bonds. The molecule has 2 fully saturated rings. The zero-order valence-electron chi connectivity index (χ0n) is 28.1. The van der Waals surface area contributed by atoms with Crippen LogP contribution in [0.15, 0.2) is 65.2 Å². The van der Waals surface area contributed by atoms with Gasteiger partial charge in [-0.15, -0.1) is 0 Å². The Hall–Kier alpha value is -4.71. The Bertz CT molecular complexity index is 1600. The monoisotopic (exact) mass is 670 g/mol. The lowest BCUT2D eigenvalue weighted by Gasteiger charge is -2.42. The summed E-state index contributed by atoms with van der Waals surface area (Å²) >= 11 is 0. The molecule has 0 aliphatic carbocycles. The van der Waals surface area contributed by atoms with E-state index in [9.17, 15) is 19.2 Å². The summed E-state index contributed by atoms with van der Waals surface area (Å²) in [5.74, 6) is -0.406. The highest BCUT2D eigenvalue weighted by atomic mass is 16.6. The fraction of sp³-hybridized carbons (Fsp3) is 0.486. The van der Waals surface area contributed by atoms with Crippen molar-refractivity contribution >= 4 is 23.8 Å². The molecule has 0 bridgehead atoms. The quantitative estimate of drug-likeness (QED) is 0.379. The maximum atomic E-state index is 13.8. The largest absolute Gasteiger partial charge is 0.445 e. The molecule has 0 radical (unpaired) electrons. The Morgan fingerprint density at radius 2 is 1.63 bits per heavy atom. The van der Waals surface area contributed by atoms with Crippen molar-refractivity contribution in [1.82, 2.24) is 30.9 Å². The number of likely N-dealkylation sites (tertiary alicyclic amines) is 2. The molecule has 3 N–H and O–H groups in total. The first-order valence-corrected chi connectivity index (χ1v) is 17.3. The molecule has 1 aromatic heterocycles. The molecule has 0 unspecified atom stereocenters. The van der Waals surface area contributed by atoms with Gasteiger partial charge < -0.3 is 30.1 Å². The molecule has 49 heavy (non-hydrogen) atoms. The zero-order chi connectivity index (χ0) is 34.2. The van der Waals surface area contributed by atoms with Gasteiger partial charge in [-0.25, -0.2) is 4.79 Å². The van der Waals surface area contributed by atoms with Crippen LogP contribution in [0.4, 0.5) is 4.79 Å². The SMILES string of the molecule is Cc1noc2c1C(=O)NC1(CCN(Cc3ccccc3)CC1)CC(=O)NCC[C@H]1CN(C(=O)OCc3ccccc3)CC[C@H]1CC(=O)NC2. The summed E-state index contributed by atoms with van der Waals surface area (Å²) in [5, 5.41) is 13.3. The van der Waals surface area contributed by atoms with Crippen LogP contribution in [0.2, 0.25) is 0 Å². The standard InChI is InChI=1S/C37H46N6O6/c1-26-34-31(49-41-26)22-39-32(44)20-29-13-17-43(36(47)48-25-28-10-6-3-7-11-28)24-30(29)12-16-38-33(45)21-37(40-35(34)46)14-18-42(19-15-37)23-27-8-4-2-5-9-27/h2-11,29-30H,12-25H2,1H3,(H,38,45)(H,39,44)(H,40,46)/t29-,30-/m0/s1. The average Bonchev–Trinajstić information content (AvgIpc) is 3.48. The summed E-state index contributed by atoms with van der Waals surface area (Å²) < 4.78 is 11.1. The minimum atomic E-state index is -0.762. The first-order chi connectivity index (χ1) is 23.8. The van der Waals surface area contributed by atoms with Gasteiger partial charge in [0.05, 0.1) is 17.8 Å². The average molecular weight is 671 g/mol. The Kier molecular flexibility index (Phi) is 10.9. The van der Waals surface area contributed by atoms with Crippen LogP contribution >= 0.6 is 0 Å². The first kappa shape index (κ1) is 34.2. The lowest BCUT2D eigenvalue weighted by molar-refractivity contribution is -0.124. The van der Waals surface area contributed by atoms with Gasteiger partial charge in [-0.05, 0) is 55.6 Å². The number of fused-ring (bicyclic) bond motifs is 2. The van der Waals surface area contributed by atoms with Gasteiger partial charge in [-0.2, -0.15) is 0 Å². The molecule has 3 aliphatic heterocycles. The topological polar surface area (TPSA) is 146 Å². The molecule has 2 atom stereocenters. The van der Waals surface area contributed by atoms with E-state index in [2.05, 4.69) is 38.1 Å². The first-order valence-electron chi connectivity index (χ1n) is 17.3. The van der Waals surface area contributed by atoms with Crippen molar-refractivity contribution in [2.75, 3.05) is 32.7 Å². The van der Waals surface area contributed by atoms with Crippen LogP contribution in [0.3, 0.4) is 0 Å². The van der Waals surface area contributed by atoms with Gasteiger partial charge in [0.25, 0.3) is 5.91 Å². The number of aromatic nitrogens is 1. The van der Waals surface area contributed by atoms with Crippen LogP contribution in [-0.2, 0) is 34.0 Å². The fourth-order valence-corrected chi connectivity index (χ4v) is 7.37. The zero-order valence-corrected chi connectivity index (χ0v) is 28.1. The molecular weight excluding hydrogens is 624 g/mol. The number of hydrogen-bond donors (Lipinski definition) is 3. The number of amides is 4. The summed E-state index contributed by atoms with van der Waals surface area (Å²) in [7, 11) is 0. The molecular formula is C37H46N6O6. The number of piperidine rings is 2. The van der Waals surface area contributed by atoms with E-state index in [1.807, 2.05) is 48.5 Å². The van der Waals surface area contributed by atoms with Crippen LogP contribution < -0.4 is 16.0 Å². The van der Waals surface area contributed by atoms with Crippen molar-refractivity contribution in [3.63, 3.8) is 0 Å². The summed E-state index contributed by atoms with van der Waals surface area (Å²) in [6.07, 6.45) is 2.43. The predicted octanol–water partition coefficient (Wildman–Crippen LogP) is 3.94. The van der Waals surface area contributed by atoms with E-state index < -0.39 is 5.54 Å². The normalized spacial score (nSPS) is 22.3. The number of rotatable bonds is 4. The molecule has 1 spiro atoms. The molecule has 3 aliphatic rings. The number of carbonyl (C=O) groups is 4. The fourth-order valence-electron chi connectivity index (χ4n) is 7.37. The van der Waals surface area contributed by atoms with Gasteiger partial charge in [-0.3, -0.25) is 19.3 Å². The van der Waals surface area contributed by atoms with Gasteiger partial charge in [0.1, 0.15) is 12.2 Å². The maximum absolute atomic E-state index is 13.8. The Morgan fingerprint density at radius 3 is 2.37 bits per heavy atom. The van der Waals surface area contributed by atoms with Crippen LogP contribution in [0.25, 0.3) is 0 Å². The number of hydrogen-bond acceptors (Lipinski definition) is 8. The van der Waals surface area contributed by atoms with Crippen molar-refractivity contribution in [3.05, 3.63) is 88.8 Å². The Balaban J connectivity index is 1.16. The smallest absolute Gasteiger partial charge is 0.410 e. The van der Waals surface area contributed by atoms with Gasteiger partial charge >= 0.3 is 6.09 Å². The second kappa shape index (κ2) is 15.7. The molecule has 0 saturated carbocycles. The summed E-state index contributed by atoms with van der Waals surface area (Å²) in [5.41, 5.74) is 2.09. The van der Waals surface area contributed by atoms with Gasteiger partial charge in [0.15, 0.2) is 5.76 Å². The summed E-state index contributed by atoms with van der Waals surface area (Å²) in [6.45, 7) is 5.45. The molecule has 4 heterocycles. The summed E-state index contributed by atoms with van der Waals surface area (Å²) in [6, 6.07) is 19.8. The highest BCUT2D eigenvalue weighted by Crippen LogP contribution is 2.31. The van der Waals surface area contributed by atoms with Crippen LogP contribution in [0, 0.1) is 18.8 Å². The van der Waals surface area contributed by atoms with Gasteiger partial charge in [-0.1, -0.05) is 65.8 Å². The second-order valence-electron chi connectivity index (χ2n) is 13.7. The lowest BCUT2D eigenvalue weighted by Crippen LogP contribution is -2.57. The molecule has 12 nitrogen and oxygen atoms in total. The predicted molar refractivity (Wildman–Crippen MR) is 181 cm³/mol. The Labute approximate surface area is 286 Å². The van der Waals surface area contributed by atoms with Gasteiger partial charge in [0.2, 0.25) is 11.8 Å². The van der Waals surface area contributed by atoms with Crippen LogP contribution in [0.5, 0.6) is 0 Å². The van der Waals surface area contributed by atoms with E-state index in [0.29, 0.717) is 69.7 Å². The molecule has 2 saturated heterocycles. The van der Waals surface area contributed by atoms with E-state index in [1.165, 1.54) is 5.56 Å². The minimum absolute atomic E-state index is 0.00231. The van der Waals surface area contributed by atoms with Crippen LogP contribution in [-0.4, -0.2) is 77.0 Å². The van der Waals surface area contributed by atoms with Crippen molar-refractivity contribution in [1.29, 1.82) is 0 Å². The maximum Gasteiger partial charge on any atom is 0.410 e. The van der Waals surface area contributed by atoms with E-state index in [-0.39, 0.29) is 67.4 Å². The lowest BCUT2D eigenvalue weighted by atomic mass is 9.80. The van der Waals surface area contributed by atoms with Gasteiger partial charge in [0, 0.05) is 52.1 Å². The van der Waals surface area contributed by atoms with E-state index in [0.717, 1.165) is 12.1 Å². The van der Waals surface area contributed by atoms with E-state index in [1.54, 1.807) is 11.8 Å². The van der Waals surface area contributed by atoms with E-state index >= 15 is 0 Å². The van der Waals surface area contributed by atoms with Crippen molar-refractivity contribution in [2.24, 2.45) is 11.8 Å². The highest BCUT2D eigenvalue weighted by Gasteiger charge is 2.40. The Morgan fingerprint density at radius 1 is 0.918 bits per heavy atom. The minimum Gasteiger partial charge on any atom is -0.445 e. The highest BCUT2D eigenvalue weighted by molar-refractivity contribution is 5.97. The molecule has 2 aromatic carbocycles. The molecule has 260 valence electrons.